The van der Waals surface area contributed by atoms with Crippen LogP contribution in [0.1, 0.15) is 0 Å². The summed E-state index contributed by atoms with van der Waals surface area (Å²) in [6.45, 7) is 0. The van der Waals surface area contributed by atoms with Crippen LogP contribution >= 0.6 is 0 Å². The van der Waals surface area contributed by atoms with Crippen LogP contribution in [0.5, 0.6) is 0 Å². The predicted octanol–water partition coefficient (Wildman–Crippen LogP) is 10.9. The highest BCUT2D eigenvalue weighted by Gasteiger charge is 2.23. The van der Waals surface area contributed by atoms with Crippen molar-refractivity contribution in [2.24, 2.45) is 0 Å². The first-order valence-corrected chi connectivity index (χ1v) is 16.6. The van der Waals surface area contributed by atoms with E-state index in [1.807, 2.05) is 72.8 Å². The Labute approximate surface area is 287 Å². The average Bonchev–Trinajstić information content (AvgIpc) is 3.79. The van der Waals surface area contributed by atoms with Crippen LogP contribution in [0.15, 0.2) is 168 Å². The summed E-state index contributed by atoms with van der Waals surface area (Å²) in [5, 5.41) is 4.29. The lowest BCUT2D eigenvalue weighted by Gasteiger charge is -2.11. The number of fused-ring (bicyclic) bond motifs is 7. The summed E-state index contributed by atoms with van der Waals surface area (Å²) in [6.07, 6.45) is 0. The van der Waals surface area contributed by atoms with Gasteiger partial charge in [-0.05, 0) is 52.2 Å². The fourth-order valence-electron chi connectivity index (χ4n) is 6.92. The summed E-state index contributed by atoms with van der Waals surface area (Å²) < 4.78 is 8.77. The Morgan fingerprint density at radius 3 is 1.66 bits per heavy atom. The van der Waals surface area contributed by atoms with E-state index in [1.165, 1.54) is 0 Å². The lowest BCUT2D eigenvalue weighted by molar-refractivity contribution is 0.623. The van der Waals surface area contributed by atoms with Crippen molar-refractivity contribution in [1.29, 1.82) is 0 Å². The average molecular weight is 642 g/mol. The molecule has 0 saturated heterocycles. The molecule has 0 aliphatic rings. The molecule has 0 radical (unpaired) electrons. The molecule has 3 aromatic heterocycles. The van der Waals surface area contributed by atoms with Gasteiger partial charge in [-0.2, -0.15) is 9.97 Å². The molecule has 0 atom stereocenters. The Morgan fingerprint density at radius 2 is 0.940 bits per heavy atom. The molecule has 6 nitrogen and oxygen atoms in total. The van der Waals surface area contributed by atoms with Crippen LogP contribution in [0.3, 0.4) is 0 Å². The van der Waals surface area contributed by atoms with Gasteiger partial charge in [-0.15, -0.1) is 0 Å². The molecule has 10 rings (SSSR count). The van der Waals surface area contributed by atoms with Gasteiger partial charge in [-0.3, -0.25) is 4.57 Å². The molecule has 10 aromatic rings. The molecule has 0 aliphatic heterocycles. The molecule has 0 N–H and O–H groups in total. The van der Waals surface area contributed by atoms with Gasteiger partial charge in [-0.1, -0.05) is 133 Å². The fourth-order valence-corrected chi connectivity index (χ4v) is 6.92. The third-order valence-corrected chi connectivity index (χ3v) is 9.30. The van der Waals surface area contributed by atoms with E-state index in [0.29, 0.717) is 23.5 Å². The summed E-state index contributed by atoms with van der Waals surface area (Å²) >= 11 is 0. The second-order valence-corrected chi connectivity index (χ2v) is 12.3. The molecular formula is C44H27N5O. The Kier molecular flexibility index (Phi) is 6.39. The molecular weight excluding hydrogens is 615 g/mol. The highest BCUT2D eigenvalue weighted by Crippen LogP contribution is 2.41. The smallest absolute Gasteiger partial charge is 0.238 e. The van der Waals surface area contributed by atoms with E-state index in [4.69, 9.17) is 24.4 Å². The van der Waals surface area contributed by atoms with Crippen molar-refractivity contribution in [3.8, 4) is 51.3 Å². The number of hydrogen-bond acceptors (Lipinski definition) is 5. The highest BCUT2D eigenvalue weighted by molar-refractivity contribution is 6.27. The zero-order chi connectivity index (χ0) is 33.0. The summed E-state index contributed by atoms with van der Waals surface area (Å²) in [5.41, 5.74) is 8.46. The molecule has 50 heavy (non-hydrogen) atoms. The normalized spacial score (nSPS) is 11.6. The molecule has 0 spiro atoms. The van der Waals surface area contributed by atoms with Crippen LogP contribution in [0.2, 0.25) is 0 Å². The fraction of sp³-hybridized carbons (Fsp3) is 0. The maximum Gasteiger partial charge on any atom is 0.238 e. The monoisotopic (exact) mass is 641 g/mol. The first-order valence-electron chi connectivity index (χ1n) is 16.6. The minimum absolute atomic E-state index is 0.526. The van der Waals surface area contributed by atoms with Crippen LogP contribution in [-0.4, -0.2) is 24.5 Å². The Hall–Kier alpha value is -6.92. The number of hydrogen-bond donors (Lipinski definition) is 0. The minimum Gasteiger partial charge on any atom is -0.435 e. The SMILES string of the molecule is c1ccc(-c2ccc(-c3nc(-c4ccccc4)nc(-n4c5ccc6ccccc6c5c5c6oc(-c7ccccc7)nc6ccc54)n3)cc2)cc1. The zero-order valence-electron chi connectivity index (χ0n) is 26.7. The third-order valence-electron chi connectivity index (χ3n) is 9.30. The van der Waals surface area contributed by atoms with E-state index in [-0.39, 0.29) is 0 Å². The van der Waals surface area contributed by atoms with Gasteiger partial charge in [0.25, 0.3) is 0 Å². The first kappa shape index (κ1) is 28.1. The Balaban J connectivity index is 1.25. The maximum atomic E-state index is 6.63. The van der Waals surface area contributed by atoms with Gasteiger partial charge in [0.1, 0.15) is 5.52 Å². The number of aromatic nitrogens is 5. The summed E-state index contributed by atoms with van der Waals surface area (Å²) in [5.74, 6) is 2.30. The molecule has 0 saturated carbocycles. The topological polar surface area (TPSA) is 69.6 Å². The van der Waals surface area contributed by atoms with Crippen molar-refractivity contribution in [3.63, 3.8) is 0 Å². The molecule has 0 fully saturated rings. The molecule has 3 heterocycles. The van der Waals surface area contributed by atoms with E-state index in [1.54, 1.807) is 0 Å². The van der Waals surface area contributed by atoms with Gasteiger partial charge in [0.15, 0.2) is 17.2 Å². The van der Waals surface area contributed by atoms with Gasteiger partial charge >= 0.3 is 0 Å². The summed E-state index contributed by atoms with van der Waals surface area (Å²) in [4.78, 5) is 20.3. The zero-order valence-corrected chi connectivity index (χ0v) is 26.7. The maximum absolute atomic E-state index is 6.63. The van der Waals surface area contributed by atoms with E-state index in [2.05, 4.69) is 95.6 Å². The Morgan fingerprint density at radius 1 is 0.400 bits per heavy atom. The molecule has 0 bridgehead atoms. The quantitative estimate of drug-likeness (QED) is 0.187. The third kappa shape index (κ3) is 4.58. The molecule has 7 aromatic carbocycles. The number of oxazole rings is 1. The molecule has 0 amide bonds. The largest absolute Gasteiger partial charge is 0.435 e. The summed E-state index contributed by atoms with van der Waals surface area (Å²) in [6, 6.07) is 55.7. The molecule has 0 unspecified atom stereocenters. The van der Waals surface area contributed by atoms with E-state index >= 15 is 0 Å². The number of benzene rings is 7. The molecule has 6 heteroatoms. The van der Waals surface area contributed by atoms with Crippen molar-refractivity contribution in [2.45, 2.75) is 0 Å². The van der Waals surface area contributed by atoms with Crippen molar-refractivity contribution >= 4 is 43.7 Å². The van der Waals surface area contributed by atoms with Gasteiger partial charge < -0.3 is 4.42 Å². The van der Waals surface area contributed by atoms with Crippen molar-refractivity contribution in [2.75, 3.05) is 0 Å². The standard InChI is InChI=1S/C44H27N5O/c1-4-12-28(13-5-1)29-20-22-32(23-21-29)42-46-41(31-15-6-2-7-16-31)47-44(48-42)49-36-26-24-30-14-10-11-19-34(30)38(36)39-37(49)27-25-35-40(39)50-43(45-35)33-17-8-3-9-18-33/h1-27H. The van der Waals surface area contributed by atoms with Gasteiger partial charge in [0.2, 0.25) is 11.8 Å². The number of rotatable bonds is 5. The number of nitrogens with zero attached hydrogens (tertiary/aromatic N) is 5. The van der Waals surface area contributed by atoms with Crippen LogP contribution in [0.25, 0.3) is 95.0 Å². The van der Waals surface area contributed by atoms with Crippen LogP contribution in [0, 0.1) is 0 Å². The van der Waals surface area contributed by atoms with Crippen molar-refractivity contribution in [1.82, 2.24) is 24.5 Å². The van der Waals surface area contributed by atoms with Crippen LogP contribution in [0.4, 0.5) is 0 Å². The lowest BCUT2D eigenvalue weighted by Crippen LogP contribution is -2.06. The second kappa shape index (κ2) is 11.4. The van der Waals surface area contributed by atoms with Crippen molar-refractivity contribution < 1.29 is 4.42 Å². The van der Waals surface area contributed by atoms with Gasteiger partial charge in [-0.25, -0.2) is 9.97 Å². The minimum atomic E-state index is 0.526. The highest BCUT2D eigenvalue weighted by atomic mass is 16.3. The van der Waals surface area contributed by atoms with Crippen LogP contribution in [-0.2, 0) is 0 Å². The van der Waals surface area contributed by atoms with Gasteiger partial charge in [0.05, 0.1) is 16.4 Å². The van der Waals surface area contributed by atoms with E-state index < -0.39 is 0 Å². The lowest BCUT2D eigenvalue weighted by atomic mass is 10.0. The first-order chi connectivity index (χ1) is 24.8. The summed E-state index contributed by atoms with van der Waals surface area (Å²) in [7, 11) is 0. The van der Waals surface area contributed by atoms with E-state index in [0.717, 1.165) is 71.5 Å². The second-order valence-electron chi connectivity index (χ2n) is 12.3. The molecule has 234 valence electrons. The van der Waals surface area contributed by atoms with Crippen LogP contribution < -0.4 is 0 Å². The Bertz CT molecular complexity index is 2840. The van der Waals surface area contributed by atoms with E-state index in [9.17, 15) is 0 Å². The van der Waals surface area contributed by atoms with Gasteiger partial charge in [0, 0.05) is 22.1 Å². The predicted molar refractivity (Wildman–Crippen MR) is 201 cm³/mol. The van der Waals surface area contributed by atoms with Crippen molar-refractivity contribution in [3.05, 3.63) is 164 Å². The molecule has 0 aliphatic carbocycles.